The zero-order valence-electron chi connectivity index (χ0n) is 13.8. The molecule has 2 aromatic carbocycles. The molecule has 1 atom stereocenters. The van der Waals surface area contributed by atoms with E-state index in [1.54, 1.807) is 30.3 Å². The molecule has 0 saturated carbocycles. The molecule has 0 fully saturated rings. The second-order valence-electron chi connectivity index (χ2n) is 5.37. The quantitative estimate of drug-likeness (QED) is 0.321. The molecule has 4 nitrogen and oxygen atoms in total. The van der Waals surface area contributed by atoms with E-state index in [0.717, 1.165) is 5.56 Å². The molecule has 7 heteroatoms. The molecule has 0 heterocycles. The minimum Gasteiger partial charge on any atom is -0.466 e. The number of carbonyl (C=O) groups excluding carboxylic acids is 2. The lowest BCUT2D eigenvalue weighted by molar-refractivity contribution is -0.118. The van der Waals surface area contributed by atoms with Crippen LogP contribution >= 0.6 is 34.8 Å². The van der Waals surface area contributed by atoms with E-state index in [4.69, 9.17) is 39.5 Å². The molecule has 0 bridgehead atoms. The largest absolute Gasteiger partial charge is 0.466 e. The summed E-state index contributed by atoms with van der Waals surface area (Å²) in [6.07, 6.45) is 1.73. The highest BCUT2D eigenvalue weighted by Crippen LogP contribution is 2.32. The topological polar surface area (TPSA) is 55.4 Å². The van der Waals surface area contributed by atoms with Crippen LogP contribution in [0.5, 0.6) is 5.75 Å². The third-order valence-corrected chi connectivity index (χ3v) is 3.91. The molecule has 1 amide bonds. The van der Waals surface area contributed by atoms with Gasteiger partial charge in [0.05, 0.1) is 0 Å². The number of amides is 1. The SMILES string of the molecule is CC(=O)c1ccc(OC(NC(=O)C=Cc2ccccc2)C(Cl)(Cl)Cl)cc1. The normalized spacial score (nSPS) is 12.6. The predicted octanol–water partition coefficient (Wildman–Crippen LogP) is 4.79. The summed E-state index contributed by atoms with van der Waals surface area (Å²) in [6, 6.07) is 15.6. The van der Waals surface area contributed by atoms with E-state index in [9.17, 15) is 9.59 Å². The van der Waals surface area contributed by atoms with Gasteiger partial charge in [0.25, 0.3) is 0 Å². The van der Waals surface area contributed by atoms with Gasteiger partial charge in [0, 0.05) is 11.6 Å². The number of nitrogens with one attached hydrogen (secondary N) is 1. The highest BCUT2D eigenvalue weighted by molar-refractivity contribution is 6.68. The molecule has 136 valence electrons. The van der Waals surface area contributed by atoms with Gasteiger partial charge < -0.3 is 10.1 Å². The Labute approximate surface area is 166 Å². The van der Waals surface area contributed by atoms with Crippen LogP contribution in [0.15, 0.2) is 60.7 Å². The van der Waals surface area contributed by atoms with Crippen molar-refractivity contribution in [2.45, 2.75) is 16.9 Å². The molecule has 0 aliphatic heterocycles. The number of alkyl halides is 3. The summed E-state index contributed by atoms with van der Waals surface area (Å²) >= 11 is 17.7. The van der Waals surface area contributed by atoms with Gasteiger partial charge in [0.2, 0.25) is 15.9 Å². The summed E-state index contributed by atoms with van der Waals surface area (Å²) in [4.78, 5) is 23.4. The van der Waals surface area contributed by atoms with E-state index in [1.807, 2.05) is 30.3 Å². The fraction of sp³-hybridized carbons (Fsp3) is 0.158. The number of Topliss-reactive ketones (excluding diaryl/α,β-unsaturated/α-hetero) is 1. The predicted molar refractivity (Wildman–Crippen MR) is 105 cm³/mol. The lowest BCUT2D eigenvalue weighted by atomic mass is 10.1. The lowest BCUT2D eigenvalue weighted by Gasteiger charge is -2.25. The van der Waals surface area contributed by atoms with E-state index in [2.05, 4.69) is 5.32 Å². The van der Waals surface area contributed by atoms with Crippen molar-refractivity contribution in [3.63, 3.8) is 0 Å². The number of carbonyl (C=O) groups is 2. The van der Waals surface area contributed by atoms with Gasteiger partial charge in [-0.1, -0.05) is 65.1 Å². The smallest absolute Gasteiger partial charge is 0.246 e. The Kier molecular flexibility index (Phi) is 7.09. The van der Waals surface area contributed by atoms with Gasteiger partial charge in [-0.25, -0.2) is 0 Å². The van der Waals surface area contributed by atoms with Crippen LogP contribution in [-0.4, -0.2) is 21.7 Å². The first-order chi connectivity index (χ1) is 12.3. The van der Waals surface area contributed by atoms with E-state index in [0.29, 0.717) is 11.3 Å². The monoisotopic (exact) mass is 411 g/mol. The fourth-order valence-corrected chi connectivity index (χ4v) is 2.29. The summed E-state index contributed by atoms with van der Waals surface area (Å²) < 4.78 is 3.67. The van der Waals surface area contributed by atoms with Crippen molar-refractivity contribution in [3.8, 4) is 5.75 Å². The van der Waals surface area contributed by atoms with Gasteiger partial charge in [-0.3, -0.25) is 9.59 Å². The molecule has 0 spiro atoms. The zero-order chi connectivity index (χ0) is 19.2. The van der Waals surface area contributed by atoms with Crippen molar-refractivity contribution in [3.05, 3.63) is 71.8 Å². The average molecular weight is 413 g/mol. The van der Waals surface area contributed by atoms with Crippen molar-refractivity contribution in [2.75, 3.05) is 0 Å². The fourth-order valence-electron chi connectivity index (χ4n) is 2.00. The maximum absolute atomic E-state index is 12.1. The molecule has 1 N–H and O–H groups in total. The van der Waals surface area contributed by atoms with Gasteiger partial charge >= 0.3 is 0 Å². The van der Waals surface area contributed by atoms with Gasteiger partial charge in [-0.05, 0) is 42.8 Å². The molecule has 2 aromatic rings. The average Bonchev–Trinajstić information content (AvgIpc) is 2.60. The molecule has 0 aliphatic carbocycles. The van der Waals surface area contributed by atoms with Crippen LogP contribution < -0.4 is 10.1 Å². The molecule has 1 unspecified atom stereocenters. The third-order valence-electron chi connectivity index (χ3n) is 3.31. The first-order valence-electron chi connectivity index (χ1n) is 7.64. The van der Waals surface area contributed by atoms with Crippen LogP contribution in [0.4, 0.5) is 0 Å². The molecule has 0 aliphatic rings. The number of rotatable bonds is 6. The number of halogens is 3. The summed E-state index contributed by atoms with van der Waals surface area (Å²) in [5, 5.41) is 2.50. The number of hydrogen-bond donors (Lipinski definition) is 1. The zero-order valence-corrected chi connectivity index (χ0v) is 16.1. The van der Waals surface area contributed by atoms with Crippen molar-refractivity contribution >= 4 is 52.6 Å². The third kappa shape index (κ3) is 6.37. The Hall–Kier alpha value is -2.01. The van der Waals surface area contributed by atoms with Crippen LogP contribution in [0.2, 0.25) is 0 Å². The van der Waals surface area contributed by atoms with E-state index in [1.165, 1.54) is 13.0 Å². The summed E-state index contributed by atoms with van der Waals surface area (Å²) in [6.45, 7) is 1.46. The molecular formula is C19H16Cl3NO3. The highest BCUT2D eigenvalue weighted by Gasteiger charge is 2.35. The molecular weight excluding hydrogens is 397 g/mol. The summed E-state index contributed by atoms with van der Waals surface area (Å²) in [5.74, 6) is -0.210. The Balaban J connectivity index is 2.06. The second-order valence-corrected chi connectivity index (χ2v) is 7.74. The number of hydrogen-bond acceptors (Lipinski definition) is 3. The molecule has 0 aromatic heterocycles. The van der Waals surface area contributed by atoms with Crippen molar-refractivity contribution in [1.82, 2.24) is 5.32 Å². The minimum atomic E-state index is -1.89. The maximum Gasteiger partial charge on any atom is 0.246 e. The van der Waals surface area contributed by atoms with E-state index < -0.39 is 15.9 Å². The van der Waals surface area contributed by atoms with Crippen LogP contribution in [0.3, 0.4) is 0 Å². The van der Waals surface area contributed by atoms with Crippen LogP contribution in [-0.2, 0) is 4.79 Å². The van der Waals surface area contributed by atoms with Gasteiger partial charge in [-0.2, -0.15) is 0 Å². The standard InChI is InChI=1S/C19H16Cl3NO3/c1-13(24)15-8-10-16(11-9-15)26-18(19(20,21)22)23-17(25)12-7-14-5-3-2-4-6-14/h2-12,18H,1H3,(H,23,25). The highest BCUT2D eigenvalue weighted by atomic mass is 35.6. The van der Waals surface area contributed by atoms with Gasteiger partial charge in [0.1, 0.15) is 5.75 Å². The van der Waals surface area contributed by atoms with Crippen molar-refractivity contribution in [2.24, 2.45) is 0 Å². The first-order valence-corrected chi connectivity index (χ1v) is 8.77. The maximum atomic E-state index is 12.1. The van der Waals surface area contributed by atoms with Crippen LogP contribution in [0.25, 0.3) is 6.08 Å². The van der Waals surface area contributed by atoms with Gasteiger partial charge in [0.15, 0.2) is 5.78 Å². The van der Waals surface area contributed by atoms with Crippen LogP contribution in [0.1, 0.15) is 22.8 Å². The summed E-state index contributed by atoms with van der Waals surface area (Å²) in [5.41, 5.74) is 1.38. The summed E-state index contributed by atoms with van der Waals surface area (Å²) in [7, 11) is 0. The molecule has 0 radical (unpaired) electrons. The number of ether oxygens (including phenoxy) is 1. The van der Waals surface area contributed by atoms with Gasteiger partial charge in [-0.15, -0.1) is 0 Å². The van der Waals surface area contributed by atoms with Crippen molar-refractivity contribution < 1.29 is 14.3 Å². The lowest BCUT2D eigenvalue weighted by Crippen LogP contribution is -2.47. The number of ketones is 1. The minimum absolute atomic E-state index is 0.0752. The Bertz CT molecular complexity index is 784. The number of benzene rings is 2. The Morgan fingerprint density at radius 2 is 1.65 bits per heavy atom. The Morgan fingerprint density at radius 3 is 2.19 bits per heavy atom. The molecule has 2 rings (SSSR count). The first kappa shape index (κ1) is 20.3. The second kappa shape index (κ2) is 9.08. The molecule has 0 saturated heterocycles. The van der Waals surface area contributed by atoms with Crippen molar-refractivity contribution in [1.29, 1.82) is 0 Å². The van der Waals surface area contributed by atoms with Crippen LogP contribution in [0, 0.1) is 0 Å². The molecule has 26 heavy (non-hydrogen) atoms. The van der Waals surface area contributed by atoms with E-state index in [-0.39, 0.29) is 5.78 Å². The Morgan fingerprint density at radius 1 is 1.04 bits per heavy atom. The van der Waals surface area contributed by atoms with E-state index >= 15 is 0 Å².